The Hall–Kier alpha value is -3.53. The van der Waals surface area contributed by atoms with E-state index in [2.05, 4.69) is 54.1 Å². The van der Waals surface area contributed by atoms with E-state index >= 15 is 0 Å². The van der Waals surface area contributed by atoms with Gasteiger partial charge in [0, 0.05) is 37.7 Å². The number of aliphatic hydroxyl groups excluding tert-OH is 1. The minimum atomic E-state index is -0.513. The van der Waals surface area contributed by atoms with E-state index in [1.54, 1.807) is 0 Å². The molecule has 2 saturated heterocycles. The lowest BCUT2D eigenvalue weighted by Gasteiger charge is -2.43. The number of amides is 1. The minimum Gasteiger partial charge on any atom is -0.445 e. The van der Waals surface area contributed by atoms with E-state index in [-0.39, 0.29) is 31.3 Å². The number of hydrogen-bond acceptors (Lipinski definition) is 7. The maximum absolute atomic E-state index is 11.8. The highest BCUT2D eigenvalue weighted by Crippen LogP contribution is 2.42. The number of carbonyl (C=O) groups excluding carboxylic acids is 1. The van der Waals surface area contributed by atoms with Crippen LogP contribution in [-0.2, 0) is 32.1 Å². The SMILES string of the molecule is C=CCOC(=O)NCc1cccc(-c2ccc(C3OC(CN4CCOCC4)C(C)C(c4ccc(CO)cc4)O3)cc2)c1. The number of nitrogens with zero attached hydrogens (tertiary/aromatic N) is 1. The Labute approximate surface area is 247 Å². The molecule has 3 aromatic carbocycles. The Balaban J connectivity index is 1.32. The summed E-state index contributed by atoms with van der Waals surface area (Å²) in [5.74, 6) is 0.133. The smallest absolute Gasteiger partial charge is 0.407 e. The molecule has 0 saturated carbocycles. The first kappa shape index (κ1) is 29.9. The largest absolute Gasteiger partial charge is 0.445 e. The molecule has 1 amide bonds. The van der Waals surface area contributed by atoms with E-state index in [1.807, 2.05) is 42.5 Å². The Bertz CT molecular complexity index is 1310. The zero-order valence-electron chi connectivity index (χ0n) is 24.1. The minimum absolute atomic E-state index is 0.0147. The predicted molar refractivity (Wildman–Crippen MR) is 160 cm³/mol. The number of morpholine rings is 1. The third-order valence-electron chi connectivity index (χ3n) is 7.88. The third kappa shape index (κ3) is 7.65. The van der Waals surface area contributed by atoms with Crippen LogP contribution in [0.4, 0.5) is 4.79 Å². The Morgan fingerprint density at radius 2 is 1.74 bits per heavy atom. The van der Waals surface area contributed by atoms with Crippen molar-refractivity contribution in [2.75, 3.05) is 39.5 Å². The molecular formula is C34H40N2O6. The van der Waals surface area contributed by atoms with Gasteiger partial charge < -0.3 is 29.4 Å². The van der Waals surface area contributed by atoms with Gasteiger partial charge in [-0.25, -0.2) is 4.79 Å². The molecule has 222 valence electrons. The fourth-order valence-corrected chi connectivity index (χ4v) is 5.42. The predicted octanol–water partition coefficient (Wildman–Crippen LogP) is 5.38. The van der Waals surface area contributed by atoms with Gasteiger partial charge in [-0.15, -0.1) is 0 Å². The number of benzene rings is 3. The lowest BCUT2D eigenvalue weighted by molar-refractivity contribution is -0.277. The average Bonchev–Trinajstić information content (AvgIpc) is 3.04. The number of carbonyl (C=O) groups is 1. The van der Waals surface area contributed by atoms with Crippen molar-refractivity contribution in [3.05, 3.63) is 108 Å². The van der Waals surface area contributed by atoms with Crippen LogP contribution < -0.4 is 5.32 Å². The van der Waals surface area contributed by atoms with E-state index in [9.17, 15) is 9.90 Å². The molecule has 8 heteroatoms. The van der Waals surface area contributed by atoms with E-state index in [0.717, 1.165) is 66.2 Å². The second kappa shape index (κ2) is 14.6. The Morgan fingerprint density at radius 1 is 1.00 bits per heavy atom. The molecule has 4 atom stereocenters. The molecule has 2 aliphatic rings. The fraction of sp³-hybridized carbons (Fsp3) is 0.382. The number of rotatable bonds is 10. The van der Waals surface area contributed by atoms with Crippen LogP contribution in [-0.4, -0.2) is 61.7 Å². The quantitative estimate of drug-likeness (QED) is 0.315. The van der Waals surface area contributed by atoms with Crippen molar-refractivity contribution in [3.8, 4) is 11.1 Å². The number of alkyl carbamates (subject to hydrolysis) is 1. The summed E-state index contributed by atoms with van der Waals surface area (Å²) in [6, 6.07) is 24.3. The van der Waals surface area contributed by atoms with Crippen molar-refractivity contribution in [2.24, 2.45) is 5.92 Å². The standard InChI is InChI=1S/C34H40N2O6/c1-3-17-40-34(38)35-21-26-5-4-6-30(20-26)27-11-13-29(14-12-27)33-41-31(22-36-15-18-39-19-16-36)24(2)32(42-33)28-9-7-25(23-37)8-10-28/h3-14,20,24,31-33,37H,1,15-19,21-23H2,2H3,(H,35,38). The second-order valence-electron chi connectivity index (χ2n) is 10.8. The maximum atomic E-state index is 11.8. The van der Waals surface area contributed by atoms with Crippen molar-refractivity contribution >= 4 is 6.09 Å². The number of aliphatic hydroxyl groups is 1. The van der Waals surface area contributed by atoms with Crippen LogP contribution in [0.3, 0.4) is 0 Å². The van der Waals surface area contributed by atoms with Gasteiger partial charge in [0.05, 0.1) is 32.0 Å². The summed E-state index contributed by atoms with van der Waals surface area (Å²) < 4.78 is 23.8. The van der Waals surface area contributed by atoms with Gasteiger partial charge in [0.15, 0.2) is 6.29 Å². The van der Waals surface area contributed by atoms with Crippen molar-refractivity contribution in [1.29, 1.82) is 0 Å². The Morgan fingerprint density at radius 3 is 2.45 bits per heavy atom. The first-order chi connectivity index (χ1) is 20.5. The van der Waals surface area contributed by atoms with Crippen LogP contribution in [0.25, 0.3) is 11.1 Å². The summed E-state index contributed by atoms with van der Waals surface area (Å²) in [5.41, 5.74) is 5.99. The maximum Gasteiger partial charge on any atom is 0.407 e. The van der Waals surface area contributed by atoms with Crippen molar-refractivity contribution in [1.82, 2.24) is 10.2 Å². The molecule has 3 aromatic rings. The molecular weight excluding hydrogens is 532 g/mol. The van der Waals surface area contributed by atoms with E-state index in [1.165, 1.54) is 6.08 Å². The molecule has 2 N–H and O–H groups in total. The number of ether oxygens (including phenoxy) is 4. The molecule has 0 radical (unpaired) electrons. The van der Waals surface area contributed by atoms with E-state index in [4.69, 9.17) is 18.9 Å². The van der Waals surface area contributed by atoms with Crippen LogP contribution in [0.5, 0.6) is 0 Å². The first-order valence-electron chi connectivity index (χ1n) is 14.6. The summed E-state index contributed by atoms with van der Waals surface area (Å²) in [5, 5.41) is 12.3. The highest BCUT2D eigenvalue weighted by Gasteiger charge is 2.39. The third-order valence-corrected chi connectivity index (χ3v) is 7.88. The molecule has 2 heterocycles. The van der Waals surface area contributed by atoms with Crippen molar-refractivity contribution in [3.63, 3.8) is 0 Å². The lowest BCUT2D eigenvalue weighted by Crippen LogP contribution is -2.47. The van der Waals surface area contributed by atoms with Crippen molar-refractivity contribution in [2.45, 2.75) is 38.6 Å². The summed E-state index contributed by atoms with van der Waals surface area (Å²) >= 11 is 0. The van der Waals surface area contributed by atoms with E-state index in [0.29, 0.717) is 6.54 Å². The van der Waals surface area contributed by atoms with Gasteiger partial charge in [0.2, 0.25) is 0 Å². The summed E-state index contributed by atoms with van der Waals surface area (Å²) in [7, 11) is 0. The van der Waals surface area contributed by atoms with Crippen LogP contribution >= 0.6 is 0 Å². The molecule has 0 aromatic heterocycles. The first-order valence-corrected chi connectivity index (χ1v) is 14.6. The van der Waals surface area contributed by atoms with Gasteiger partial charge in [-0.05, 0) is 33.9 Å². The van der Waals surface area contributed by atoms with Crippen molar-refractivity contribution < 1.29 is 28.8 Å². The summed E-state index contributed by atoms with van der Waals surface area (Å²) in [6.45, 7) is 10.4. The van der Waals surface area contributed by atoms with Gasteiger partial charge >= 0.3 is 6.09 Å². The normalized spacial score (nSPS) is 22.8. The van der Waals surface area contributed by atoms with Gasteiger partial charge in [-0.2, -0.15) is 0 Å². The van der Waals surface area contributed by atoms with Crippen LogP contribution in [0.15, 0.2) is 85.5 Å². The highest BCUT2D eigenvalue weighted by molar-refractivity contribution is 5.68. The van der Waals surface area contributed by atoms with Gasteiger partial charge in [-0.1, -0.05) is 86.3 Å². The average molecular weight is 573 g/mol. The van der Waals surface area contributed by atoms with Crippen LogP contribution in [0.2, 0.25) is 0 Å². The topological polar surface area (TPSA) is 89.5 Å². The molecule has 2 fully saturated rings. The number of nitrogens with one attached hydrogen (secondary N) is 1. The second-order valence-corrected chi connectivity index (χ2v) is 10.8. The van der Waals surface area contributed by atoms with E-state index < -0.39 is 12.4 Å². The highest BCUT2D eigenvalue weighted by atomic mass is 16.7. The Kier molecular flexibility index (Phi) is 10.4. The molecule has 2 aliphatic heterocycles. The molecule has 5 rings (SSSR count). The van der Waals surface area contributed by atoms with Gasteiger partial charge in [0.25, 0.3) is 0 Å². The molecule has 0 bridgehead atoms. The molecule has 42 heavy (non-hydrogen) atoms. The zero-order valence-corrected chi connectivity index (χ0v) is 24.1. The van der Waals surface area contributed by atoms with Gasteiger partial charge in [0.1, 0.15) is 6.61 Å². The summed E-state index contributed by atoms with van der Waals surface area (Å²) in [6.07, 6.45) is 0.381. The molecule has 0 spiro atoms. The number of hydrogen-bond donors (Lipinski definition) is 2. The molecule has 8 nitrogen and oxygen atoms in total. The molecule has 0 aliphatic carbocycles. The van der Waals surface area contributed by atoms with Gasteiger partial charge in [-0.3, -0.25) is 4.90 Å². The summed E-state index contributed by atoms with van der Waals surface area (Å²) in [4.78, 5) is 14.2. The van der Waals surface area contributed by atoms with Crippen LogP contribution in [0, 0.1) is 5.92 Å². The lowest BCUT2D eigenvalue weighted by atomic mass is 9.90. The molecule has 4 unspecified atom stereocenters. The van der Waals surface area contributed by atoms with Crippen LogP contribution in [0.1, 0.15) is 41.6 Å². The monoisotopic (exact) mass is 572 g/mol. The zero-order chi connectivity index (χ0) is 29.3. The fourth-order valence-electron chi connectivity index (χ4n) is 5.42.